The van der Waals surface area contributed by atoms with Gasteiger partial charge < -0.3 is 4.74 Å². The molecule has 0 aliphatic carbocycles. The highest BCUT2D eigenvalue weighted by Gasteiger charge is 2.38. The van der Waals surface area contributed by atoms with Gasteiger partial charge in [-0.15, -0.1) is 0 Å². The van der Waals surface area contributed by atoms with Gasteiger partial charge in [-0.3, -0.25) is 14.6 Å². The van der Waals surface area contributed by atoms with E-state index in [4.69, 9.17) is 4.74 Å². The molecule has 2 amide bonds. The first kappa shape index (κ1) is 19.6. The highest BCUT2D eigenvalue weighted by atomic mass is 16.6. The van der Waals surface area contributed by atoms with Crippen molar-refractivity contribution in [1.29, 1.82) is 0 Å². The second kappa shape index (κ2) is 9.22. The van der Waals surface area contributed by atoms with E-state index in [9.17, 15) is 9.59 Å². The Morgan fingerprint density at radius 2 is 1.67 bits per heavy atom. The van der Waals surface area contributed by atoms with Gasteiger partial charge in [0.05, 0.1) is 5.69 Å². The number of para-hydroxylation sites is 1. The van der Waals surface area contributed by atoms with E-state index in [0.29, 0.717) is 24.5 Å². The second-order valence-corrected chi connectivity index (χ2v) is 7.09. The summed E-state index contributed by atoms with van der Waals surface area (Å²) in [6.45, 7) is 0.675. The van der Waals surface area contributed by atoms with Gasteiger partial charge in [0.2, 0.25) is 0 Å². The van der Waals surface area contributed by atoms with Crippen molar-refractivity contribution < 1.29 is 14.3 Å². The van der Waals surface area contributed by atoms with E-state index in [1.807, 2.05) is 66.7 Å². The fourth-order valence-electron chi connectivity index (χ4n) is 3.63. The van der Waals surface area contributed by atoms with E-state index in [2.05, 4.69) is 4.98 Å². The number of aromatic nitrogens is 1. The standard InChI is InChI=1S/C24H23N3O3/c28-23(27(20-12-5-2-6-13-20)22-15-7-8-16-25-22)21-14-9-17-26(21)24(29)30-18-19-10-3-1-4-11-19/h1-8,10-13,15-16,21H,9,14,17-18H2. The average Bonchev–Trinajstić information content (AvgIpc) is 3.30. The monoisotopic (exact) mass is 401 g/mol. The molecule has 0 bridgehead atoms. The molecule has 2 aromatic carbocycles. The van der Waals surface area contributed by atoms with Crippen molar-refractivity contribution in [1.82, 2.24) is 9.88 Å². The molecule has 0 N–H and O–H groups in total. The van der Waals surface area contributed by atoms with Gasteiger partial charge in [0.1, 0.15) is 18.5 Å². The van der Waals surface area contributed by atoms with Crippen LogP contribution >= 0.6 is 0 Å². The molecule has 6 nitrogen and oxygen atoms in total. The van der Waals surface area contributed by atoms with Crippen LogP contribution in [-0.2, 0) is 16.1 Å². The molecular formula is C24H23N3O3. The number of benzene rings is 2. The molecule has 1 aliphatic heterocycles. The molecule has 0 spiro atoms. The smallest absolute Gasteiger partial charge is 0.410 e. The molecule has 1 aromatic heterocycles. The quantitative estimate of drug-likeness (QED) is 0.629. The molecule has 0 radical (unpaired) electrons. The number of pyridine rings is 1. The number of carbonyl (C=O) groups excluding carboxylic acids is 2. The Kier molecular flexibility index (Phi) is 6.03. The number of amides is 2. The van der Waals surface area contributed by atoms with Crippen molar-refractivity contribution >= 4 is 23.5 Å². The third-order valence-electron chi connectivity index (χ3n) is 5.09. The Hall–Kier alpha value is -3.67. The summed E-state index contributed by atoms with van der Waals surface area (Å²) in [6, 6.07) is 23.7. The van der Waals surface area contributed by atoms with Crippen LogP contribution in [0.4, 0.5) is 16.3 Å². The lowest BCUT2D eigenvalue weighted by molar-refractivity contribution is -0.121. The number of hydrogen-bond donors (Lipinski definition) is 0. The van der Waals surface area contributed by atoms with Crippen LogP contribution in [0.2, 0.25) is 0 Å². The Labute approximate surface area is 175 Å². The van der Waals surface area contributed by atoms with Crippen molar-refractivity contribution in [3.05, 3.63) is 90.6 Å². The lowest BCUT2D eigenvalue weighted by atomic mass is 10.1. The van der Waals surface area contributed by atoms with Gasteiger partial charge in [-0.2, -0.15) is 0 Å². The third-order valence-corrected chi connectivity index (χ3v) is 5.09. The highest BCUT2D eigenvalue weighted by molar-refractivity contribution is 6.04. The molecule has 30 heavy (non-hydrogen) atoms. The molecule has 1 fully saturated rings. The zero-order valence-electron chi connectivity index (χ0n) is 16.6. The van der Waals surface area contributed by atoms with Gasteiger partial charge in [0, 0.05) is 12.7 Å². The molecule has 3 aromatic rings. The molecule has 4 rings (SSSR count). The van der Waals surface area contributed by atoms with E-state index in [1.54, 1.807) is 23.2 Å². The van der Waals surface area contributed by atoms with Crippen molar-refractivity contribution in [3.8, 4) is 0 Å². The van der Waals surface area contributed by atoms with E-state index < -0.39 is 12.1 Å². The SMILES string of the molecule is O=C(C1CCCN1C(=O)OCc1ccccc1)N(c1ccccc1)c1ccccn1. The fourth-order valence-corrected chi connectivity index (χ4v) is 3.63. The fraction of sp³-hybridized carbons (Fsp3) is 0.208. The zero-order valence-corrected chi connectivity index (χ0v) is 16.6. The molecule has 1 atom stereocenters. The number of rotatable bonds is 5. The van der Waals surface area contributed by atoms with Crippen molar-refractivity contribution in [2.45, 2.75) is 25.5 Å². The summed E-state index contributed by atoms with van der Waals surface area (Å²) in [5, 5.41) is 0. The normalized spacial score (nSPS) is 15.6. The van der Waals surface area contributed by atoms with Crippen molar-refractivity contribution in [2.24, 2.45) is 0 Å². The first-order valence-electron chi connectivity index (χ1n) is 10.0. The number of nitrogens with zero attached hydrogens (tertiary/aromatic N) is 3. The maximum Gasteiger partial charge on any atom is 0.410 e. The van der Waals surface area contributed by atoms with Crippen LogP contribution in [0.1, 0.15) is 18.4 Å². The minimum absolute atomic E-state index is 0.180. The van der Waals surface area contributed by atoms with E-state index in [1.165, 1.54) is 4.90 Å². The summed E-state index contributed by atoms with van der Waals surface area (Å²) in [5.74, 6) is 0.340. The Morgan fingerprint density at radius 3 is 2.37 bits per heavy atom. The summed E-state index contributed by atoms with van der Waals surface area (Å²) < 4.78 is 5.48. The van der Waals surface area contributed by atoms with Gasteiger partial charge in [-0.05, 0) is 42.7 Å². The number of hydrogen-bond acceptors (Lipinski definition) is 4. The van der Waals surface area contributed by atoms with Crippen LogP contribution in [0.3, 0.4) is 0 Å². The third kappa shape index (κ3) is 4.33. The first-order chi connectivity index (χ1) is 14.7. The molecule has 1 saturated heterocycles. The van der Waals surface area contributed by atoms with Crippen molar-refractivity contribution in [2.75, 3.05) is 11.4 Å². The molecule has 1 unspecified atom stereocenters. The summed E-state index contributed by atoms with van der Waals surface area (Å²) in [4.78, 5) is 33.8. The number of ether oxygens (including phenoxy) is 1. The minimum Gasteiger partial charge on any atom is -0.445 e. The zero-order chi connectivity index (χ0) is 20.8. The molecular weight excluding hydrogens is 378 g/mol. The summed E-state index contributed by atoms with van der Waals surface area (Å²) in [7, 11) is 0. The maximum atomic E-state index is 13.6. The van der Waals surface area contributed by atoms with Crippen LogP contribution in [0.5, 0.6) is 0 Å². The largest absolute Gasteiger partial charge is 0.445 e. The summed E-state index contributed by atoms with van der Waals surface area (Å²) in [6.07, 6.45) is 2.53. The van der Waals surface area contributed by atoms with Gasteiger partial charge in [0.15, 0.2) is 0 Å². The predicted octanol–water partition coefficient (Wildman–Crippen LogP) is 4.55. The van der Waals surface area contributed by atoms with E-state index in [0.717, 1.165) is 12.0 Å². The van der Waals surface area contributed by atoms with E-state index in [-0.39, 0.29) is 12.5 Å². The van der Waals surface area contributed by atoms with Crippen LogP contribution in [0, 0.1) is 0 Å². The van der Waals surface area contributed by atoms with Gasteiger partial charge >= 0.3 is 6.09 Å². The van der Waals surface area contributed by atoms with Crippen molar-refractivity contribution in [3.63, 3.8) is 0 Å². The topological polar surface area (TPSA) is 62.7 Å². The first-order valence-corrected chi connectivity index (χ1v) is 10.0. The summed E-state index contributed by atoms with van der Waals surface area (Å²) in [5.41, 5.74) is 1.62. The predicted molar refractivity (Wildman–Crippen MR) is 114 cm³/mol. The number of anilines is 2. The lowest BCUT2D eigenvalue weighted by Gasteiger charge is -2.29. The molecule has 152 valence electrons. The highest BCUT2D eigenvalue weighted by Crippen LogP contribution is 2.28. The number of carbonyl (C=O) groups is 2. The second-order valence-electron chi connectivity index (χ2n) is 7.09. The Morgan fingerprint density at radius 1 is 0.967 bits per heavy atom. The Bertz CT molecular complexity index is 941. The van der Waals surface area contributed by atoms with Crippen LogP contribution in [0.15, 0.2) is 85.1 Å². The van der Waals surface area contributed by atoms with Gasteiger partial charge in [-0.1, -0.05) is 54.6 Å². The van der Waals surface area contributed by atoms with Gasteiger partial charge in [-0.25, -0.2) is 9.78 Å². The molecule has 1 aliphatic rings. The molecule has 2 heterocycles. The van der Waals surface area contributed by atoms with Crippen LogP contribution < -0.4 is 4.90 Å². The Balaban J connectivity index is 1.54. The molecule has 6 heteroatoms. The average molecular weight is 401 g/mol. The number of likely N-dealkylation sites (tertiary alicyclic amines) is 1. The summed E-state index contributed by atoms with van der Waals surface area (Å²) >= 11 is 0. The van der Waals surface area contributed by atoms with Gasteiger partial charge in [0.25, 0.3) is 5.91 Å². The van der Waals surface area contributed by atoms with Crippen LogP contribution in [-0.4, -0.2) is 34.5 Å². The van der Waals surface area contributed by atoms with E-state index >= 15 is 0 Å². The minimum atomic E-state index is -0.588. The maximum absolute atomic E-state index is 13.6. The lowest BCUT2D eigenvalue weighted by Crippen LogP contribution is -2.46. The molecule has 0 saturated carbocycles. The van der Waals surface area contributed by atoms with Crippen LogP contribution in [0.25, 0.3) is 0 Å².